The first kappa shape index (κ1) is 12.4. The predicted octanol–water partition coefficient (Wildman–Crippen LogP) is 2.26. The summed E-state index contributed by atoms with van der Waals surface area (Å²) in [6, 6.07) is 0. The van der Waals surface area contributed by atoms with Gasteiger partial charge in [-0.2, -0.15) is 5.10 Å². The van der Waals surface area contributed by atoms with Crippen molar-refractivity contribution in [1.82, 2.24) is 15.4 Å². The van der Waals surface area contributed by atoms with E-state index in [2.05, 4.69) is 27.4 Å². The smallest absolute Gasteiger partial charge is 0.0813 e. The molecule has 1 heterocycles. The van der Waals surface area contributed by atoms with E-state index in [1.807, 2.05) is 19.2 Å². The van der Waals surface area contributed by atoms with Gasteiger partial charge < -0.3 is 5.43 Å². The molecule has 0 aliphatic rings. The first-order valence-corrected chi connectivity index (χ1v) is 5.54. The number of nitrogens with one attached hydrogen (secondary N) is 1. The maximum atomic E-state index is 4.21. The monoisotopic (exact) mass is 218 g/mol. The van der Waals surface area contributed by atoms with Crippen LogP contribution < -0.4 is 5.43 Å². The topological polar surface area (TPSA) is 50.2 Å². The highest BCUT2D eigenvalue weighted by molar-refractivity contribution is 5.97. The minimum Gasteiger partial charge on any atom is -0.313 e. The zero-order chi connectivity index (χ0) is 11.6. The van der Waals surface area contributed by atoms with Gasteiger partial charge in [0.05, 0.1) is 17.6 Å². The lowest BCUT2D eigenvalue weighted by molar-refractivity contribution is 0.819. The van der Waals surface area contributed by atoms with Crippen molar-refractivity contribution >= 4 is 11.8 Å². The van der Waals surface area contributed by atoms with Gasteiger partial charge in [0.15, 0.2) is 0 Å². The SMILES string of the molecule is CCCCC(/C=C/c1cnccn1)=N/NC. The molecule has 0 aromatic carbocycles. The van der Waals surface area contributed by atoms with E-state index in [1.54, 1.807) is 18.6 Å². The Balaban J connectivity index is 2.61. The van der Waals surface area contributed by atoms with Crippen molar-refractivity contribution in [2.75, 3.05) is 7.05 Å². The number of rotatable bonds is 6. The van der Waals surface area contributed by atoms with Crippen LogP contribution in [0.2, 0.25) is 0 Å². The molecule has 0 unspecified atom stereocenters. The van der Waals surface area contributed by atoms with Gasteiger partial charge in [-0.3, -0.25) is 9.97 Å². The Morgan fingerprint density at radius 3 is 3.00 bits per heavy atom. The normalized spacial score (nSPS) is 12.0. The Morgan fingerprint density at radius 1 is 1.50 bits per heavy atom. The third-order valence-corrected chi connectivity index (χ3v) is 2.07. The summed E-state index contributed by atoms with van der Waals surface area (Å²) in [7, 11) is 1.81. The average molecular weight is 218 g/mol. The number of hydrogen-bond donors (Lipinski definition) is 1. The molecule has 4 heteroatoms. The van der Waals surface area contributed by atoms with Gasteiger partial charge in [-0.05, 0) is 25.0 Å². The van der Waals surface area contributed by atoms with E-state index in [-0.39, 0.29) is 0 Å². The number of nitrogens with zero attached hydrogens (tertiary/aromatic N) is 3. The van der Waals surface area contributed by atoms with E-state index < -0.39 is 0 Å². The number of allylic oxidation sites excluding steroid dienone is 1. The summed E-state index contributed by atoms with van der Waals surface area (Å²) in [4.78, 5) is 8.17. The highest BCUT2D eigenvalue weighted by Crippen LogP contribution is 2.01. The van der Waals surface area contributed by atoms with Crippen LogP contribution in [0.1, 0.15) is 31.9 Å². The van der Waals surface area contributed by atoms with Gasteiger partial charge in [0, 0.05) is 19.4 Å². The maximum absolute atomic E-state index is 4.21. The number of aromatic nitrogens is 2. The van der Waals surface area contributed by atoms with E-state index >= 15 is 0 Å². The zero-order valence-corrected chi connectivity index (χ0v) is 9.85. The van der Waals surface area contributed by atoms with Crippen molar-refractivity contribution in [3.05, 3.63) is 30.4 Å². The minimum absolute atomic E-state index is 0.850. The fourth-order valence-electron chi connectivity index (χ4n) is 1.26. The van der Waals surface area contributed by atoms with Crippen molar-refractivity contribution in [2.45, 2.75) is 26.2 Å². The van der Waals surface area contributed by atoms with Crippen molar-refractivity contribution in [2.24, 2.45) is 5.10 Å². The molecule has 0 aliphatic carbocycles. The quantitative estimate of drug-likeness (QED) is 0.588. The standard InChI is InChI=1S/C12H18N4/c1-3-4-5-11(16-13-2)6-7-12-10-14-8-9-15-12/h6-10,13H,3-5H2,1-2H3/b7-6+,16-11-. The van der Waals surface area contributed by atoms with Crippen LogP contribution in [-0.2, 0) is 0 Å². The van der Waals surface area contributed by atoms with E-state index in [4.69, 9.17) is 0 Å². The molecule has 1 aromatic rings. The average Bonchev–Trinajstić information content (AvgIpc) is 2.34. The molecule has 0 radical (unpaired) electrons. The first-order chi connectivity index (χ1) is 7.86. The van der Waals surface area contributed by atoms with Crippen molar-refractivity contribution in [3.63, 3.8) is 0 Å². The van der Waals surface area contributed by atoms with Crippen molar-refractivity contribution < 1.29 is 0 Å². The molecule has 4 nitrogen and oxygen atoms in total. The molecule has 0 amide bonds. The largest absolute Gasteiger partial charge is 0.313 e. The van der Waals surface area contributed by atoms with Gasteiger partial charge in [-0.15, -0.1) is 0 Å². The molecule has 1 aromatic heterocycles. The van der Waals surface area contributed by atoms with Crippen LogP contribution in [0.15, 0.2) is 29.8 Å². The van der Waals surface area contributed by atoms with Gasteiger partial charge in [-0.25, -0.2) is 0 Å². The second kappa shape index (κ2) is 7.56. The Bertz CT molecular complexity index is 343. The molecule has 16 heavy (non-hydrogen) atoms. The van der Waals surface area contributed by atoms with Gasteiger partial charge in [0.25, 0.3) is 0 Å². The Morgan fingerprint density at radius 2 is 2.38 bits per heavy atom. The molecular formula is C12H18N4. The molecule has 0 saturated heterocycles. The first-order valence-electron chi connectivity index (χ1n) is 5.54. The van der Waals surface area contributed by atoms with Crippen LogP contribution in [0.4, 0.5) is 0 Å². The summed E-state index contributed by atoms with van der Waals surface area (Å²) in [5.74, 6) is 0. The van der Waals surface area contributed by atoms with E-state index in [1.165, 1.54) is 6.42 Å². The van der Waals surface area contributed by atoms with Crippen LogP contribution in [0.5, 0.6) is 0 Å². The van der Waals surface area contributed by atoms with Crippen LogP contribution in [0.3, 0.4) is 0 Å². The Hall–Kier alpha value is -1.71. The third kappa shape index (κ3) is 4.68. The number of hydrazone groups is 1. The molecule has 0 aliphatic heterocycles. The zero-order valence-electron chi connectivity index (χ0n) is 9.85. The summed E-state index contributed by atoms with van der Waals surface area (Å²) in [6.07, 6.45) is 12.3. The van der Waals surface area contributed by atoms with E-state index in [0.29, 0.717) is 0 Å². The van der Waals surface area contributed by atoms with Gasteiger partial charge in [0.2, 0.25) is 0 Å². The highest BCUT2D eigenvalue weighted by atomic mass is 15.3. The van der Waals surface area contributed by atoms with E-state index in [0.717, 1.165) is 24.2 Å². The molecule has 0 atom stereocenters. The molecule has 0 bridgehead atoms. The fraction of sp³-hybridized carbons (Fsp3) is 0.417. The van der Waals surface area contributed by atoms with Gasteiger partial charge in [0.1, 0.15) is 0 Å². The molecule has 0 fully saturated rings. The van der Waals surface area contributed by atoms with Gasteiger partial charge >= 0.3 is 0 Å². The van der Waals surface area contributed by atoms with Crippen LogP contribution >= 0.6 is 0 Å². The third-order valence-electron chi connectivity index (χ3n) is 2.07. The minimum atomic E-state index is 0.850. The Kier molecular flexibility index (Phi) is 5.84. The fourth-order valence-corrected chi connectivity index (χ4v) is 1.26. The number of unbranched alkanes of at least 4 members (excludes halogenated alkanes) is 1. The summed E-state index contributed by atoms with van der Waals surface area (Å²) < 4.78 is 0. The van der Waals surface area contributed by atoms with Crippen molar-refractivity contribution in [1.29, 1.82) is 0 Å². The van der Waals surface area contributed by atoms with Gasteiger partial charge in [-0.1, -0.05) is 13.3 Å². The summed E-state index contributed by atoms with van der Waals surface area (Å²) >= 11 is 0. The van der Waals surface area contributed by atoms with Crippen molar-refractivity contribution in [3.8, 4) is 0 Å². The second-order valence-electron chi connectivity index (χ2n) is 3.39. The van der Waals surface area contributed by atoms with Crippen LogP contribution in [-0.4, -0.2) is 22.7 Å². The predicted molar refractivity (Wildman–Crippen MR) is 67.1 cm³/mol. The highest BCUT2D eigenvalue weighted by Gasteiger charge is 1.94. The lowest BCUT2D eigenvalue weighted by atomic mass is 10.1. The molecule has 1 rings (SSSR count). The molecule has 0 saturated carbocycles. The second-order valence-corrected chi connectivity index (χ2v) is 3.39. The van der Waals surface area contributed by atoms with E-state index in [9.17, 15) is 0 Å². The molecule has 86 valence electrons. The van der Waals surface area contributed by atoms with Crippen LogP contribution in [0, 0.1) is 0 Å². The summed E-state index contributed by atoms with van der Waals surface area (Å²) in [5, 5.41) is 4.21. The Labute approximate surface area is 96.5 Å². The lowest BCUT2D eigenvalue weighted by Gasteiger charge is -1.99. The maximum Gasteiger partial charge on any atom is 0.0813 e. The lowest BCUT2D eigenvalue weighted by Crippen LogP contribution is -2.02. The number of hydrogen-bond acceptors (Lipinski definition) is 4. The summed E-state index contributed by atoms with van der Waals surface area (Å²) in [5.41, 5.74) is 4.70. The molecule has 1 N–H and O–H groups in total. The summed E-state index contributed by atoms with van der Waals surface area (Å²) in [6.45, 7) is 2.17. The van der Waals surface area contributed by atoms with Crippen LogP contribution in [0.25, 0.3) is 6.08 Å². The molecular weight excluding hydrogens is 200 g/mol. The molecule has 0 spiro atoms.